The summed E-state index contributed by atoms with van der Waals surface area (Å²) in [6, 6.07) is 15.0. The molecule has 3 rings (SSSR count). The van der Waals surface area contributed by atoms with Gasteiger partial charge in [0.05, 0.1) is 27.5 Å². The maximum Gasteiger partial charge on any atom is 0.285 e. The zero-order chi connectivity index (χ0) is 22.6. The van der Waals surface area contributed by atoms with E-state index in [2.05, 4.69) is 19.1 Å². The Hall–Kier alpha value is -3.29. The number of benzene rings is 2. The minimum Gasteiger partial charge on any atom is -0.383 e. The lowest BCUT2D eigenvalue weighted by atomic mass is 10.2. The number of para-hydroxylation sites is 1. The fraction of sp³-hybridized carbons (Fsp3) is 0.0556. The zero-order valence-corrected chi connectivity index (χ0v) is 18.7. The highest BCUT2D eigenvalue weighted by molar-refractivity contribution is 8.22. The Kier molecular flexibility index (Phi) is 6.68. The second kappa shape index (κ2) is 9.24. The van der Waals surface area contributed by atoms with Gasteiger partial charge in [-0.2, -0.15) is 13.5 Å². The smallest absolute Gasteiger partial charge is 0.285 e. The van der Waals surface area contributed by atoms with Crippen LogP contribution in [0.5, 0.6) is 0 Å². The van der Waals surface area contributed by atoms with Crippen molar-refractivity contribution in [3.05, 3.63) is 65.9 Å². The Morgan fingerprint density at radius 2 is 1.74 bits per heavy atom. The Bertz CT molecular complexity index is 1260. The molecule has 0 unspecified atom stereocenters. The standard InChI is InChI=1S/C18H18N8O2S3/c1-11-15(16(19)26(23-11)13-5-3-2-4-6-13)17(29)30-25-22-12-7-9-14(10-8-12)31(27,28)24-18(20)21/h2-10H,19H2,1H3,(H4,20,21,24). The molecule has 160 valence electrons. The van der Waals surface area contributed by atoms with Crippen LogP contribution in [0.4, 0.5) is 11.5 Å². The third-order valence-electron chi connectivity index (χ3n) is 3.94. The third-order valence-corrected chi connectivity index (χ3v) is 6.22. The van der Waals surface area contributed by atoms with Crippen molar-refractivity contribution in [2.75, 3.05) is 5.73 Å². The number of nitrogens with two attached hydrogens (primary N) is 3. The van der Waals surface area contributed by atoms with Crippen molar-refractivity contribution in [1.82, 2.24) is 9.78 Å². The molecule has 31 heavy (non-hydrogen) atoms. The molecular formula is C18H18N8O2S3. The molecule has 6 N–H and O–H groups in total. The minimum atomic E-state index is -3.96. The SMILES string of the molecule is Cc1nn(-c2ccccc2)c(N)c1C(=S)SN=Nc1ccc(S(=O)(=O)N=C(N)N)cc1. The summed E-state index contributed by atoms with van der Waals surface area (Å²) in [4.78, 5) is -0.0697. The Morgan fingerprint density at radius 1 is 1.10 bits per heavy atom. The number of nitrogen functional groups attached to an aromatic ring is 1. The van der Waals surface area contributed by atoms with Crippen molar-refractivity contribution in [3.63, 3.8) is 0 Å². The van der Waals surface area contributed by atoms with Gasteiger partial charge in [-0.05, 0) is 43.3 Å². The number of aromatic nitrogens is 2. The predicted molar refractivity (Wildman–Crippen MR) is 126 cm³/mol. The van der Waals surface area contributed by atoms with Crippen LogP contribution in [0.15, 0.2) is 73.5 Å². The Labute approximate surface area is 188 Å². The summed E-state index contributed by atoms with van der Waals surface area (Å²) in [7, 11) is -3.96. The van der Waals surface area contributed by atoms with Crippen molar-refractivity contribution >= 4 is 55.9 Å². The van der Waals surface area contributed by atoms with E-state index in [1.807, 2.05) is 37.3 Å². The van der Waals surface area contributed by atoms with Crippen LogP contribution in [0.25, 0.3) is 5.69 Å². The molecule has 0 aliphatic carbocycles. The number of thiocarbonyl (C=S) groups is 1. The molecule has 3 aromatic rings. The van der Waals surface area contributed by atoms with Gasteiger partial charge in [-0.25, -0.2) is 4.68 Å². The van der Waals surface area contributed by atoms with Crippen molar-refractivity contribution in [2.24, 2.45) is 25.5 Å². The van der Waals surface area contributed by atoms with Crippen LogP contribution < -0.4 is 17.2 Å². The number of sulfonamides is 1. The lowest BCUT2D eigenvalue weighted by Gasteiger charge is -2.04. The van der Waals surface area contributed by atoms with Crippen molar-refractivity contribution in [2.45, 2.75) is 11.8 Å². The second-order valence-electron chi connectivity index (χ2n) is 6.14. The van der Waals surface area contributed by atoms with Crippen LogP contribution in [-0.4, -0.2) is 28.4 Å². The molecule has 0 aliphatic heterocycles. The normalized spacial score (nSPS) is 11.5. The van der Waals surface area contributed by atoms with Gasteiger partial charge in [0.25, 0.3) is 10.0 Å². The first-order valence-electron chi connectivity index (χ1n) is 8.68. The largest absolute Gasteiger partial charge is 0.383 e. The summed E-state index contributed by atoms with van der Waals surface area (Å²) in [5, 5.41) is 8.49. The van der Waals surface area contributed by atoms with Crippen LogP contribution in [0, 0.1) is 6.92 Å². The van der Waals surface area contributed by atoms with E-state index in [9.17, 15) is 8.42 Å². The molecule has 0 aliphatic rings. The van der Waals surface area contributed by atoms with Gasteiger partial charge in [-0.3, -0.25) is 0 Å². The van der Waals surface area contributed by atoms with E-state index in [0.717, 1.165) is 17.6 Å². The molecule has 0 atom stereocenters. The molecule has 0 bridgehead atoms. The van der Waals surface area contributed by atoms with E-state index in [0.29, 0.717) is 27.0 Å². The Balaban J connectivity index is 1.73. The first kappa shape index (κ1) is 22.4. The van der Waals surface area contributed by atoms with E-state index >= 15 is 0 Å². The van der Waals surface area contributed by atoms with Crippen LogP contribution in [0.1, 0.15) is 11.3 Å². The second-order valence-corrected chi connectivity index (χ2v) is 9.16. The lowest BCUT2D eigenvalue weighted by molar-refractivity contribution is 0.598. The Morgan fingerprint density at radius 3 is 2.35 bits per heavy atom. The van der Waals surface area contributed by atoms with E-state index < -0.39 is 16.0 Å². The lowest BCUT2D eigenvalue weighted by Crippen LogP contribution is -2.24. The summed E-state index contributed by atoms with van der Waals surface area (Å²) in [6.07, 6.45) is 0. The quantitative estimate of drug-likeness (QED) is 0.161. The number of guanidine groups is 1. The molecule has 0 saturated carbocycles. The predicted octanol–water partition coefficient (Wildman–Crippen LogP) is 2.83. The van der Waals surface area contributed by atoms with Gasteiger partial charge in [0, 0.05) is 11.9 Å². The fourth-order valence-corrected chi connectivity index (χ4v) is 4.36. The van der Waals surface area contributed by atoms with Gasteiger partial charge >= 0.3 is 0 Å². The molecule has 1 aromatic heterocycles. The highest BCUT2D eigenvalue weighted by Crippen LogP contribution is 2.27. The van der Waals surface area contributed by atoms with E-state index in [1.54, 1.807) is 4.68 Å². The van der Waals surface area contributed by atoms with Gasteiger partial charge in [0.2, 0.25) is 5.96 Å². The van der Waals surface area contributed by atoms with Gasteiger partial charge in [-0.15, -0.1) is 14.0 Å². The molecule has 0 amide bonds. The molecule has 2 aromatic carbocycles. The van der Waals surface area contributed by atoms with Crippen LogP contribution in [0.2, 0.25) is 0 Å². The van der Waals surface area contributed by atoms with Crippen LogP contribution in [-0.2, 0) is 10.0 Å². The molecule has 10 nitrogen and oxygen atoms in total. The zero-order valence-electron chi connectivity index (χ0n) is 16.2. The molecular weight excluding hydrogens is 456 g/mol. The van der Waals surface area contributed by atoms with Crippen LogP contribution in [0.3, 0.4) is 0 Å². The van der Waals surface area contributed by atoms with Crippen LogP contribution >= 0.6 is 24.2 Å². The summed E-state index contributed by atoms with van der Waals surface area (Å²) in [5.74, 6) is -0.135. The first-order valence-corrected chi connectivity index (χ1v) is 11.3. The molecule has 13 heteroatoms. The highest BCUT2D eigenvalue weighted by Gasteiger charge is 2.18. The number of rotatable bonds is 6. The monoisotopic (exact) mass is 474 g/mol. The molecule has 0 radical (unpaired) electrons. The number of hydrogen-bond acceptors (Lipinski definition) is 8. The minimum absolute atomic E-state index is 0.0697. The number of nitrogens with zero attached hydrogens (tertiary/aromatic N) is 5. The van der Waals surface area contributed by atoms with Gasteiger partial charge in [0.15, 0.2) is 0 Å². The molecule has 0 spiro atoms. The van der Waals surface area contributed by atoms with Crippen molar-refractivity contribution < 1.29 is 8.42 Å². The number of hydrogen-bond donors (Lipinski definition) is 3. The molecule has 0 fully saturated rings. The third kappa shape index (κ3) is 5.25. The van der Waals surface area contributed by atoms with Crippen molar-refractivity contribution in [3.8, 4) is 5.69 Å². The molecule has 1 heterocycles. The average molecular weight is 475 g/mol. The topological polar surface area (TPSA) is 167 Å². The maximum atomic E-state index is 11.9. The van der Waals surface area contributed by atoms with Crippen molar-refractivity contribution in [1.29, 1.82) is 0 Å². The first-order chi connectivity index (χ1) is 14.7. The number of aryl methyl sites for hydroxylation is 1. The highest BCUT2D eigenvalue weighted by atomic mass is 32.2. The fourth-order valence-electron chi connectivity index (χ4n) is 2.59. The molecule has 0 saturated heterocycles. The van der Waals surface area contributed by atoms with E-state index in [-0.39, 0.29) is 4.90 Å². The van der Waals surface area contributed by atoms with E-state index in [1.165, 1.54) is 24.3 Å². The van der Waals surface area contributed by atoms with Gasteiger partial charge < -0.3 is 17.2 Å². The summed E-state index contributed by atoms with van der Waals surface area (Å²) in [6.45, 7) is 1.81. The maximum absolute atomic E-state index is 11.9. The van der Waals surface area contributed by atoms with E-state index in [4.69, 9.17) is 29.4 Å². The summed E-state index contributed by atoms with van der Waals surface area (Å²) < 4.78 is 33.1. The van der Waals surface area contributed by atoms with Gasteiger partial charge in [0.1, 0.15) is 10.0 Å². The van der Waals surface area contributed by atoms with Gasteiger partial charge in [-0.1, -0.05) is 30.4 Å². The summed E-state index contributed by atoms with van der Waals surface area (Å²) >= 11 is 6.40. The summed E-state index contributed by atoms with van der Waals surface area (Å²) in [5.41, 5.74) is 19.0. The number of anilines is 1. The average Bonchev–Trinajstić information content (AvgIpc) is 3.02.